The predicted octanol–water partition coefficient (Wildman–Crippen LogP) is 3.64. The van der Waals surface area contributed by atoms with E-state index in [2.05, 4.69) is 58.0 Å². The molecule has 4 rings (SSSR count). The molecule has 2 aromatic heterocycles. The normalized spacial score (nSPS) is 11.5. The fourth-order valence-electron chi connectivity index (χ4n) is 2.41. The van der Waals surface area contributed by atoms with Crippen LogP contribution in [-0.2, 0) is 0 Å². The molecule has 0 fully saturated rings. The zero-order valence-corrected chi connectivity index (χ0v) is 9.17. The van der Waals surface area contributed by atoms with Gasteiger partial charge in [-0.2, -0.15) is 0 Å². The summed E-state index contributed by atoms with van der Waals surface area (Å²) >= 11 is 0. The minimum atomic E-state index is 1.03. The van der Waals surface area contributed by atoms with Crippen molar-refractivity contribution in [3.8, 4) is 0 Å². The second kappa shape index (κ2) is 3.08. The van der Waals surface area contributed by atoms with Crippen molar-refractivity contribution in [1.29, 1.82) is 0 Å². The Balaban J connectivity index is 2.34. The lowest BCUT2D eigenvalue weighted by Crippen LogP contribution is -1.88. The van der Waals surface area contributed by atoms with E-state index in [9.17, 15) is 0 Å². The molecule has 0 aliphatic rings. The summed E-state index contributed by atoms with van der Waals surface area (Å²) in [5, 5.41) is 3.61. The summed E-state index contributed by atoms with van der Waals surface area (Å²) in [5.41, 5.74) is 2.23. The highest BCUT2D eigenvalue weighted by molar-refractivity contribution is 5.98. The summed E-state index contributed by atoms with van der Waals surface area (Å²) in [4.78, 5) is 4.56. The van der Waals surface area contributed by atoms with Gasteiger partial charge in [0.1, 0.15) is 5.65 Å². The standard InChI is InChI=1S/C15H10N2/c1-3-7-13-12(6-1)10-17-14-8-4-2-5-11(14)9-16-15(13)17/h1-10H. The molecule has 0 aliphatic heterocycles. The van der Waals surface area contributed by atoms with Gasteiger partial charge in [-0.05, 0) is 6.07 Å². The van der Waals surface area contributed by atoms with Crippen LogP contribution in [0, 0.1) is 0 Å². The van der Waals surface area contributed by atoms with E-state index in [1.54, 1.807) is 0 Å². The number of hydrogen-bond acceptors (Lipinski definition) is 1. The highest BCUT2D eigenvalue weighted by Gasteiger charge is 2.05. The van der Waals surface area contributed by atoms with Crippen LogP contribution >= 0.6 is 0 Å². The smallest absolute Gasteiger partial charge is 0.145 e. The van der Waals surface area contributed by atoms with Gasteiger partial charge in [0.05, 0.1) is 5.52 Å². The van der Waals surface area contributed by atoms with E-state index in [4.69, 9.17) is 0 Å². The predicted molar refractivity (Wildman–Crippen MR) is 70.2 cm³/mol. The molecule has 0 amide bonds. The Morgan fingerprint density at radius 2 is 1.59 bits per heavy atom. The molecule has 2 nitrogen and oxygen atoms in total. The van der Waals surface area contributed by atoms with E-state index in [0.29, 0.717) is 0 Å². The van der Waals surface area contributed by atoms with Crippen molar-refractivity contribution >= 4 is 27.3 Å². The van der Waals surface area contributed by atoms with Gasteiger partial charge in [-0.15, -0.1) is 0 Å². The Kier molecular flexibility index (Phi) is 1.59. The lowest BCUT2D eigenvalue weighted by molar-refractivity contribution is 1.21. The second-order valence-electron chi connectivity index (χ2n) is 4.23. The topological polar surface area (TPSA) is 17.3 Å². The van der Waals surface area contributed by atoms with E-state index >= 15 is 0 Å². The van der Waals surface area contributed by atoms with Crippen LogP contribution in [0.4, 0.5) is 0 Å². The van der Waals surface area contributed by atoms with E-state index in [0.717, 1.165) is 5.65 Å². The van der Waals surface area contributed by atoms with E-state index in [-0.39, 0.29) is 0 Å². The van der Waals surface area contributed by atoms with Crippen LogP contribution in [0.3, 0.4) is 0 Å². The maximum Gasteiger partial charge on any atom is 0.145 e. The Labute approximate surface area is 98.1 Å². The molecule has 4 aromatic rings. The molecule has 0 bridgehead atoms. The number of fused-ring (bicyclic) bond motifs is 5. The van der Waals surface area contributed by atoms with Gasteiger partial charge in [0, 0.05) is 28.6 Å². The lowest BCUT2D eigenvalue weighted by Gasteiger charge is -2.00. The molecule has 2 aromatic carbocycles. The summed E-state index contributed by atoms with van der Waals surface area (Å²) in [7, 11) is 0. The van der Waals surface area contributed by atoms with Crippen molar-refractivity contribution in [2.45, 2.75) is 0 Å². The van der Waals surface area contributed by atoms with E-state index in [1.165, 1.54) is 21.7 Å². The lowest BCUT2D eigenvalue weighted by atomic mass is 10.2. The first-order chi connectivity index (χ1) is 8.43. The van der Waals surface area contributed by atoms with Gasteiger partial charge in [0.15, 0.2) is 0 Å². The monoisotopic (exact) mass is 218 g/mol. The molecular weight excluding hydrogens is 208 g/mol. The SMILES string of the molecule is c1ccc2c(c1)cn1c3ccccc3cnc21. The van der Waals surface area contributed by atoms with Crippen LogP contribution in [0.25, 0.3) is 27.3 Å². The summed E-state index contributed by atoms with van der Waals surface area (Å²) in [6.45, 7) is 0. The summed E-state index contributed by atoms with van der Waals surface area (Å²) in [6.07, 6.45) is 4.09. The number of benzene rings is 2. The first kappa shape index (κ1) is 8.76. The summed E-state index contributed by atoms with van der Waals surface area (Å²) in [5.74, 6) is 0. The van der Waals surface area contributed by atoms with Crippen molar-refractivity contribution in [3.63, 3.8) is 0 Å². The zero-order chi connectivity index (χ0) is 11.2. The Morgan fingerprint density at radius 1 is 0.824 bits per heavy atom. The first-order valence-electron chi connectivity index (χ1n) is 5.67. The Morgan fingerprint density at radius 3 is 2.53 bits per heavy atom. The average molecular weight is 218 g/mol. The first-order valence-corrected chi connectivity index (χ1v) is 5.67. The largest absolute Gasteiger partial charge is 0.300 e. The van der Waals surface area contributed by atoms with Gasteiger partial charge in [-0.3, -0.25) is 0 Å². The van der Waals surface area contributed by atoms with Crippen LogP contribution in [0.1, 0.15) is 0 Å². The van der Waals surface area contributed by atoms with Crippen LogP contribution in [-0.4, -0.2) is 9.38 Å². The van der Waals surface area contributed by atoms with E-state index < -0.39 is 0 Å². The third kappa shape index (κ3) is 1.12. The van der Waals surface area contributed by atoms with Gasteiger partial charge in [-0.25, -0.2) is 4.98 Å². The van der Waals surface area contributed by atoms with Gasteiger partial charge >= 0.3 is 0 Å². The fourth-order valence-corrected chi connectivity index (χ4v) is 2.41. The van der Waals surface area contributed by atoms with Crippen LogP contribution in [0.5, 0.6) is 0 Å². The number of para-hydroxylation sites is 1. The molecule has 0 saturated heterocycles. The van der Waals surface area contributed by atoms with Crippen LogP contribution in [0.15, 0.2) is 60.9 Å². The number of hydrogen-bond donors (Lipinski definition) is 0. The van der Waals surface area contributed by atoms with Crippen molar-refractivity contribution < 1.29 is 0 Å². The second-order valence-corrected chi connectivity index (χ2v) is 4.23. The van der Waals surface area contributed by atoms with Gasteiger partial charge < -0.3 is 4.40 Å². The third-order valence-corrected chi connectivity index (χ3v) is 3.22. The molecule has 0 N–H and O–H groups in total. The number of nitrogens with zero attached hydrogens (tertiary/aromatic N) is 2. The fraction of sp³-hybridized carbons (Fsp3) is 0. The molecular formula is C15H10N2. The molecule has 17 heavy (non-hydrogen) atoms. The summed E-state index contributed by atoms with van der Waals surface area (Å²) < 4.78 is 2.17. The minimum absolute atomic E-state index is 1.03. The molecule has 0 spiro atoms. The minimum Gasteiger partial charge on any atom is -0.300 e. The molecule has 0 atom stereocenters. The van der Waals surface area contributed by atoms with Gasteiger partial charge in [0.25, 0.3) is 0 Å². The number of rotatable bonds is 0. The maximum absolute atomic E-state index is 4.56. The molecule has 0 radical (unpaired) electrons. The van der Waals surface area contributed by atoms with Gasteiger partial charge in [0.2, 0.25) is 0 Å². The zero-order valence-electron chi connectivity index (χ0n) is 9.17. The molecule has 80 valence electrons. The summed E-state index contributed by atoms with van der Waals surface area (Å²) in [6, 6.07) is 16.7. The van der Waals surface area contributed by atoms with Crippen molar-refractivity contribution in [3.05, 3.63) is 60.9 Å². The maximum atomic E-state index is 4.56. The van der Waals surface area contributed by atoms with Crippen molar-refractivity contribution in [2.24, 2.45) is 0 Å². The highest BCUT2D eigenvalue weighted by Crippen LogP contribution is 2.24. The van der Waals surface area contributed by atoms with Crippen LogP contribution < -0.4 is 0 Å². The Bertz CT molecular complexity index is 843. The molecule has 0 saturated carbocycles. The molecule has 0 unspecified atom stereocenters. The molecule has 2 heteroatoms. The molecule has 0 aliphatic carbocycles. The Hall–Kier alpha value is -2.35. The van der Waals surface area contributed by atoms with E-state index in [1.807, 2.05) is 12.3 Å². The quantitative estimate of drug-likeness (QED) is 0.440. The number of aromatic nitrogens is 2. The van der Waals surface area contributed by atoms with Gasteiger partial charge in [-0.1, -0.05) is 42.5 Å². The third-order valence-electron chi connectivity index (χ3n) is 3.22. The van der Waals surface area contributed by atoms with Crippen molar-refractivity contribution in [1.82, 2.24) is 9.38 Å². The molecule has 2 heterocycles. The van der Waals surface area contributed by atoms with Crippen molar-refractivity contribution in [2.75, 3.05) is 0 Å². The average Bonchev–Trinajstić information content (AvgIpc) is 2.78. The highest BCUT2D eigenvalue weighted by atomic mass is 15.0. The van der Waals surface area contributed by atoms with Crippen LogP contribution in [0.2, 0.25) is 0 Å².